The number of rotatable bonds is 4. The van der Waals surface area contributed by atoms with Crippen LogP contribution in [0.25, 0.3) is 5.65 Å². The molecule has 0 aliphatic heterocycles. The van der Waals surface area contributed by atoms with Crippen LogP contribution in [0.5, 0.6) is 0 Å². The van der Waals surface area contributed by atoms with Crippen LogP contribution in [0.4, 0.5) is 0 Å². The summed E-state index contributed by atoms with van der Waals surface area (Å²) in [6, 6.07) is 3.30. The molecule has 0 saturated heterocycles. The van der Waals surface area contributed by atoms with E-state index in [1.165, 1.54) is 16.8 Å². The first kappa shape index (κ1) is 14.7. The van der Waals surface area contributed by atoms with Crippen LogP contribution >= 0.6 is 0 Å². The van der Waals surface area contributed by atoms with Crippen LogP contribution in [-0.2, 0) is 6.54 Å². The van der Waals surface area contributed by atoms with E-state index < -0.39 is 0 Å². The molecule has 24 heavy (non-hydrogen) atoms. The Morgan fingerprint density at radius 2 is 2.25 bits per heavy atom. The van der Waals surface area contributed by atoms with Crippen molar-refractivity contribution in [2.24, 2.45) is 0 Å². The molecule has 0 spiro atoms. The first-order valence-corrected chi connectivity index (χ1v) is 7.81. The van der Waals surface area contributed by atoms with Gasteiger partial charge in [-0.15, -0.1) is 0 Å². The zero-order valence-electron chi connectivity index (χ0n) is 13.4. The molecule has 0 atom stereocenters. The Bertz CT molecular complexity index is 979. The van der Waals surface area contributed by atoms with Gasteiger partial charge in [-0.25, -0.2) is 9.50 Å². The molecule has 3 aromatic heterocycles. The SMILES string of the molecule is Cc1c(C(=O)N(C)Cc2cc(C3CC3)on2)cnc2cc(=O)[nH]n12. The number of amides is 1. The fraction of sp³-hybridized carbons (Fsp3) is 0.375. The molecule has 3 heterocycles. The Hall–Kier alpha value is -2.90. The highest BCUT2D eigenvalue weighted by molar-refractivity contribution is 5.95. The smallest absolute Gasteiger partial charge is 0.266 e. The van der Waals surface area contributed by atoms with Gasteiger partial charge in [0.05, 0.1) is 17.8 Å². The van der Waals surface area contributed by atoms with Gasteiger partial charge in [-0.2, -0.15) is 0 Å². The number of nitrogens with zero attached hydrogens (tertiary/aromatic N) is 4. The molecule has 1 fully saturated rings. The Balaban J connectivity index is 1.57. The van der Waals surface area contributed by atoms with E-state index in [-0.39, 0.29) is 11.5 Å². The average molecular weight is 327 g/mol. The highest BCUT2D eigenvalue weighted by Crippen LogP contribution is 2.40. The van der Waals surface area contributed by atoms with Gasteiger partial charge in [0.1, 0.15) is 11.5 Å². The summed E-state index contributed by atoms with van der Waals surface area (Å²) in [6.07, 6.45) is 3.78. The van der Waals surface area contributed by atoms with Crippen LogP contribution in [-0.4, -0.2) is 37.6 Å². The Labute approximate surface area is 137 Å². The first-order valence-electron chi connectivity index (χ1n) is 7.81. The van der Waals surface area contributed by atoms with Gasteiger partial charge in [0.2, 0.25) is 0 Å². The lowest BCUT2D eigenvalue weighted by Gasteiger charge is -2.17. The summed E-state index contributed by atoms with van der Waals surface area (Å²) in [5, 5.41) is 6.67. The molecule has 1 aliphatic rings. The summed E-state index contributed by atoms with van der Waals surface area (Å²) in [4.78, 5) is 29.8. The summed E-state index contributed by atoms with van der Waals surface area (Å²) in [5.41, 5.74) is 2.04. The third-order valence-corrected chi connectivity index (χ3v) is 4.30. The monoisotopic (exact) mass is 327 g/mol. The number of carbonyl (C=O) groups excluding carboxylic acids is 1. The normalized spacial score (nSPS) is 14.2. The molecule has 124 valence electrons. The molecule has 4 rings (SSSR count). The first-order chi connectivity index (χ1) is 11.5. The van der Waals surface area contributed by atoms with Gasteiger partial charge in [-0.3, -0.25) is 14.7 Å². The van der Waals surface area contributed by atoms with Crippen LogP contribution < -0.4 is 5.56 Å². The standard InChI is InChI=1S/C16H17N5O3/c1-9-12(7-17-14-6-15(22)18-21(9)14)16(23)20(2)8-11-5-13(24-19-11)10-3-4-10/h5-7,10H,3-4,8H2,1-2H3,(H,18,22). The number of H-pyrrole nitrogens is 1. The molecule has 0 aromatic carbocycles. The molecule has 0 unspecified atom stereocenters. The Kier molecular flexibility index (Phi) is 3.26. The molecule has 1 N–H and O–H groups in total. The largest absolute Gasteiger partial charge is 0.361 e. The van der Waals surface area contributed by atoms with Crippen molar-refractivity contribution >= 4 is 11.6 Å². The summed E-state index contributed by atoms with van der Waals surface area (Å²) in [7, 11) is 1.70. The molecule has 0 radical (unpaired) electrons. The summed E-state index contributed by atoms with van der Waals surface area (Å²) < 4.78 is 6.83. The van der Waals surface area contributed by atoms with E-state index in [2.05, 4.69) is 15.2 Å². The summed E-state index contributed by atoms with van der Waals surface area (Å²) in [5.74, 6) is 1.20. The molecule has 1 amide bonds. The van der Waals surface area contributed by atoms with Crippen molar-refractivity contribution in [1.82, 2.24) is 24.7 Å². The van der Waals surface area contributed by atoms with Crippen LogP contribution in [0, 0.1) is 6.92 Å². The lowest BCUT2D eigenvalue weighted by atomic mass is 10.2. The molecule has 8 heteroatoms. The second-order valence-corrected chi connectivity index (χ2v) is 6.23. The van der Waals surface area contributed by atoms with E-state index in [4.69, 9.17) is 4.52 Å². The third kappa shape index (κ3) is 2.49. The highest BCUT2D eigenvalue weighted by atomic mass is 16.5. The van der Waals surface area contributed by atoms with Crippen LogP contribution in [0.2, 0.25) is 0 Å². The lowest BCUT2D eigenvalue weighted by Crippen LogP contribution is -2.28. The van der Waals surface area contributed by atoms with Crippen molar-refractivity contribution in [2.45, 2.75) is 32.2 Å². The molecule has 8 nitrogen and oxygen atoms in total. The van der Waals surface area contributed by atoms with Gasteiger partial charge in [0, 0.05) is 31.3 Å². The molecular weight excluding hydrogens is 310 g/mol. The Morgan fingerprint density at radius 3 is 3.00 bits per heavy atom. The minimum Gasteiger partial charge on any atom is -0.361 e. The maximum absolute atomic E-state index is 12.7. The van der Waals surface area contributed by atoms with E-state index in [0.717, 1.165) is 24.3 Å². The molecule has 1 aliphatic carbocycles. The highest BCUT2D eigenvalue weighted by Gasteiger charge is 2.28. The maximum atomic E-state index is 12.7. The number of hydrogen-bond donors (Lipinski definition) is 1. The van der Waals surface area contributed by atoms with E-state index in [1.54, 1.807) is 18.9 Å². The lowest BCUT2D eigenvalue weighted by molar-refractivity contribution is 0.0780. The fourth-order valence-electron chi connectivity index (χ4n) is 2.77. The van der Waals surface area contributed by atoms with Crippen molar-refractivity contribution in [3.63, 3.8) is 0 Å². The predicted molar refractivity (Wildman–Crippen MR) is 84.8 cm³/mol. The van der Waals surface area contributed by atoms with Crippen LogP contribution in [0.1, 0.15) is 46.3 Å². The molecule has 3 aromatic rings. The second kappa shape index (κ2) is 5.33. The number of fused-ring (bicyclic) bond motifs is 1. The van der Waals surface area contributed by atoms with E-state index >= 15 is 0 Å². The van der Waals surface area contributed by atoms with Crippen LogP contribution in [0.3, 0.4) is 0 Å². The van der Waals surface area contributed by atoms with Gasteiger partial charge in [0.25, 0.3) is 11.5 Å². The molecule has 0 bridgehead atoms. The number of hydrogen-bond acceptors (Lipinski definition) is 5. The van der Waals surface area contributed by atoms with Crippen molar-refractivity contribution in [1.29, 1.82) is 0 Å². The summed E-state index contributed by atoms with van der Waals surface area (Å²) >= 11 is 0. The number of nitrogens with one attached hydrogen (secondary N) is 1. The fourth-order valence-corrected chi connectivity index (χ4v) is 2.77. The average Bonchev–Trinajstić information content (AvgIpc) is 3.18. The van der Waals surface area contributed by atoms with Crippen molar-refractivity contribution in [3.8, 4) is 0 Å². The number of aromatic nitrogens is 4. The van der Waals surface area contributed by atoms with Crippen molar-refractivity contribution < 1.29 is 9.32 Å². The van der Waals surface area contributed by atoms with E-state index in [1.807, 2.05) is 6.07 Å². The third-order valence-electron chi connectivity index (χ3n) is 4.30. The molecule has 1 saturated carbocycles. The number of aryl methyl sites for hydroxylation is 1. The van der Waals surface area contributed by atoms with Gasteiger partial charge in [-0.05, 0) is 19.8 Å². The number of carbonyl (C=O) groups is 1. The van der Waals surface area contributed by atoms with Crippen molar-refractivity contribution in [3.05, 3.63) is 51.4 Å². The van der Waals surface area contributed by atoms with Gasteiger partial charge in [-0.1, -0.05) is 5.16 Å². The molecular formula is C16H17N5O3. The van der Waals surface area contributed by atoms with Gasteiger partial charge in [0.15, 0.2) is 5.65 Å². The zero-order chi connectivity index (χ0) is 16.8. The minimum absolute atomic E-state index is 0.188. The van der Waals surface area contributed by atoms with E-state index in [0.29, 0.717) is 29.4 Å². The number of aromatic amines is 1. The van der Waals surface area contributed by atoms with E-state index in [9.17, 15) is 9.59 Å². The quantitative estimate of drug-likeness (QED) is 0.782. The maximum Gasteiger partial charge on any atom is 0.266 e. The second-order valence-electron chi connectivity index (χ2n) is 6.23. The van der Waals surface area contributed by atoms with Crippen LogP contribution in [0.15, 0.2) is 27.6 Å². The van der Waals surface area contributed by atoms with Gasteiger partial charge >= 0.3 is 0 Å². The Morgan fingerprint density at radius 1 is 1.46 bits per heavy atom. The predicted octanol–water partition coefficient (Wildman–Crippen LogP) is 1.47. The topological polar surface area (TPSA) is 96.5 Å². The zero-order valence-corrected chi connectivity index (χ0v) is 13.4. The van der Waals surface area contributed by atoms with Crippen molar-refractivity contribution in [2.75, 3.05) is 7.05 Å². The minimum atomic E-state index is -0.251. The summed E-state index contributed by atoms with van der Waals surface area (Å²) in [6.45, 7) is 2.13. The van der Waals surface area contributed by atoms with Gasteiger partial charge < -0.3 is 9.42 Å².